The highest BCUT2D eigenvalue weighted by molar-refractivity contribution is 6.31. The van der Waals surface area contributed by atoms with Crippen molar-refractivity contribution >= 4 is 23.2 Å². The summed E-state index contributed by atoms with van der Waals surface area (Å²) in [5.41, 5.74) is 6.75. The summed E-state index contributed by atoms with van der Waals surface area (Å²) in [6.07, 6.45) is 0. The summed E-state index contributed by atoms with van der Waals surface area (Å²) in [6, 6.07) is 5.47. The van der Waals surface area contributed by atoms with Gasteiger partial charge in [0.1, 0.15) is 0 Å². The van der Waals surface area contributed by atoms with Gasteiger partial charge in [-0.1, -0.05) is 17.7 Å². The minimum Gasteiger partial charge on any atom is -0.376 e. The number of carbonyl (C=O) groups is 1. The second kappa shape index (κ2) is 4.14. The lowest BCUT2D eigenvalue weighted by Gasteiger charge is -2.08. The molecule has 0 unspecified atom stereocenters. The van der Waals surface area contributed by atoms with Crippen LogP contribution in [-0.4, -0.2) is 12.5 Å². The normalized spacial score (nSPS) is 9.69. The molecule has 0 atom stereocenters. The van der Waals surface area contributed by atoms with Crippen LogP contribution < -0.4 is 11.1 Å². The number of primary amides is 1. The Kier molecular flexibility index (Phi) is 3.14. The zero-order valence-electron chi connectivity index (χ0n) is 7.30. The smallest absolute Gasteiger partial charge is 0.236 e. The first-order valence-electron chi connectivity index (χ1n) is 3.88. The fourth-order valence-electron chi connectivity index (χ4n) is 0.981. The molecule has 70 valence electrons. The van der Waals surface area contributed by atoms with Crippen molar-refractivity contribution < 1.29 is 4.79 Å². The average Bonchev–Trinajstić information content (AvgIpc) is 2.07. The van der Waals surface area contributed by atoms with Crippen molar-refractivity contribution in [3.63, 3.8) is 0 Å². The summed E-state index contributed by atoms with van der Waals surface area (Å²) in [5.74, 6) is -0.389. The van der Waals surface area contributed by atoms with Crippen molar-refractivity contribution in [1.82, 2.24) is 0 Å². The Morgan fingerprint density at radius 3 is 2.92 bits per heavy atom. The Labute approximate surface area is 81.9 Å². The molecule has 0 fully saturated rings. The third-order valence-electron chi connectivity index (χ3n) is 1.72. The van der Waals surface area contributed by atoms with Gasteiger partial charge in [0, 0.05) is 10.7 Å². The van der Waals surface area contributed by atoms with Gasteiger partial charge in [-0.05, 0) is 24.6 Å². The van der Waals surface area contributed by atoms with Crippen LogP contribution >= 0.6 is 11.6 Å². The maximum absolute atomic E-state index is 10.5. The molecule has 0 aliphatic rings. The predicted molar refractivity (Wildman–Crippen MR) is 53.9 cm³/mol. The summed E-state index contributed by atoms with van der Waals surface area (Å²) >= 11 is 5.87. The van der Waals surface area contributed by atoms with Gasteiger partial charge >= 0.3 is 0 Å². The van der Waals surface area contributed by atoms with Gasteiger partial charge in [-0.2, -0.15) is 0 Å². The fraction of sp³-hybridized carbons (Fsp3) is 0.222. The van der Waals surface area contributed by atoms with E-state index in [1.165, 1.54) is 0 Å². The number of nitrogens with one attached hydrogen (secondary N) is 1. The minimum atomic E-state index is -0.389. The van der Waals surface area contributed by atoms with E-state index < -0.39 is 0 Å². The van der Waals surface area contributed by atoms with Gasteiger partial charge in [0.25, 0.3) is 0 Å². The van der Waals surface area contributed by atoms with Crippen LogP contribution in [0, 0.1) is 6.92 Å². The van der Waals surface area contributed by atoms with Gasteiger partial charge < -0.3 is 11.1 Å². The van der Waals surface area contributed by atoms with E-state index in [-0.39, 0.29) is 12.5 Å². The maximum atomic E-state index is 10.5. The zero-order chi connectivity index (χ0) is 9.84. The summed E-state index contributed by atoms with van der Waals surface area (Å²) in [4.78, 5) is 10.5. The molecule has 1 aromatic carbocycles. The van der Waals surface area contributed by atoms with Crippen LogP contribution in [0.5, 0.6) is 0 Å². The molecule has 0 bridgehead atoms. The lowest BCUT2D eigenvalue weighted by atomic mass is 10.2. The quantitative estimate of drug-likeness (QED) is 0.774. The van der Waals surface area contributed by atoms with E-state index in [1.807, 2.05) is 19.1 Å². The molecule has 3 N–H and O–H groups in total. The molecule has 0 radical (unpaired) electrons. The molecular formula is C9H11ClN2O. The van der Waals surface area contributed by atoms with Crippen molar-refractivity contribution in [3.05, 3.63) is 28.8 Å². The van der Waals surface area contributed by atoms with Crippen LogP contribution in [0.1, 0.15) is 5.56 Å². The van der Waals surface area contributed by atoms with E-state index in [4.69, 9.17) is 17.3 Å². The van der Waals surface area contributed by atoms with Crippen molar-refractivity contribution in [1.29, 1.82) is 0 Å². The third kappa shape index (κ3) is 2.63. The molecule has 3 nitrogen and oxygen atoms in total. The second-order valence-corrected chi connectivity index (χ2v) is 3.14. The lowest BCUT2D eigenvalue weighted by Crippen LogP contribution is -2.22. The van der Waals surface area contributed by atoms with Crippen LogP contribution in [0.25, 0.3) is 0 Å². The molecule has 0 aliphatic heterocycles. The number of amides is 1. The molecule has 0 aromatic heterocycles. The Bertz CT molecular complexity index is 325. The molecule has 0 spiro atoms. The SMILES string of the molecule is Cc1c(Cl)cccc1NCC(N)=O. The second-order valence-electron chi connectivity index (χ2n) is 2.73. The van der Waals surface area contributed by atoms with Crippen LogP contribution in [0.4, 0.5) is 5.69 Å². The number of benzene rings is 1. The van der Waals surface area contributed by atoms with E-state index in [0.717, 1.165) is 11.3 Å². The number of carbonyl (C=O) groups excluding carboxylic acids is 1. The number of anilines is 1. The first-order chi connectivity index (χ1) is 6.11. The highest BCUT2D eigenvalue weighted by atomic mass is 35.5. The number of halogens is 1. The number of hydrogen-bond donors (Lipinski definition) is 2. The topological polar surface area (TPSA) is 55.1 Å². The summed E-state index contributed by atoms with van der Waals surface area (Å²) < 4.78 is 0. The molecule has 4 heteroatoms. The highest BCUT2D eigenvalue weighted by Gasteiger charge is 2.01. The van der Waals surface area contributed by atoms with Gasteiger partial charge in [0.15, 0.2) is 0 Å². The number of hydrogen-bond acceptors (Lipinski definition) is 2. The zero-order valence-corrected chi connectivity index (χ0v) is 8.06. The van der Waals surface area contributed by atoms with Crippen molar-refractivity contribution in [2.45, 2.75) is 6.92 Å². The van der Waals surface area contributed by atoms with Crippen LogP contribution in [0.3, 0.4) is 0 Å². The molecule has 0 aliphatic carbocycles. The minimum absolute atomic E-state index is 0.126. The van der Waals surface area contributed by atoms with Gasteiger partial charge in [-0.3, -0.25) is 4.79 Å². The first-order valence-corrected chi connectivity index (χ1v) is 4.26. The highest BCUT2D eigenvalue weighted by Crippen LogP contribution is 2.22. The molecule has 0 saturated heterocycles. The molecule has 0 heterocycles. The van der Waals surface area contributed by atoms with Crippen molar-refractivity contribution in [2.75, 3.05) is 11.9 Å². The molecular weight excluding hydrogens is 188 g/mol. The van der Waals surface area contributed by atoms with Crippen LogP contribution in [-0.2, 0) is 4.79 Å². The van der Waals surface area contributed by atoms with E-state index in [9.17, 15) is 4.79 Å². The van der Waals surface area contributed by atoms with E-state index in [1.54, 1.807) is 6.07 Å². The Morgan fingerprint density at radius 1 is 1.62 bits per heavy atom. The van der Waals surface area contributed by atoms with Crippen LogP contribution in [0.2, 0.25) is 5.02 Å². The third-order valence-corrected chi connectivity index (χ3v) is 2.13. The fourth-order valence-corrected chi connectivity index (χ4v) is 1.16. The lowest BCUT2D eigenvalue weighted by molar-refractivity contribution is -0.116. The Balaban J connectivity index is 2.77. The largest absolute Gasteiger partial charge is 0.376 e. The molecule has 13 heavy (non-hydrogen) atoms. The van der Waals surface area contributed by atoms with Gasteiger partial charge in [0.05, 0.1) is 6.54 Å². The predicted octanol–water partition coefficient (Wildman–Crippen LogP) is 1.55. The monoisotopic (exact) mass is 198 g/mol. The standard InChI is InChI=1S/C9H11ClN2O/c1-6-7(10)3-2-4-8(6)12-5-9(11)13/h2-4,12H,5H2,1H3,(H2,11,13). The average molecular weight is 199 g/mol. The van der Waals surface area contributed by atoms with Crippen molar-refractivity contribution in [2.24, 2.45) is 5.73 Å². The number of nitrogens with two attached hydrogens (primary N) is 1. The molecule has 1 aromatic rings. The van der Waals surface area contributed by atoms with E-state index >= 15 is 0 Å². The molecule has 1 rings (SSSR count). The summed E-state index contributed by atoms with van der Waals surface area (Å²) in [6.45, 7) is 2.01. The van der Waals surface area contributed by atoms with E-state index in [0.29, 0.717) is 5.02 Å². The van der Waals surface area contributed by atoms with Gasteiger partial charge in [-0.15, -0.1) is 0 Å². The summed E-state index contributed by atoms with van der Waals surface area (Å²) in [7, 11) is 0. The van der Waals surface area contributed by atoms with Gasteiger partial charge in [-0.25, -0.2) is 0 Å². The van der Waals surface area contributed by atoms with Crippen LogP contribution in [0.15, 0.2) is 18.2 Å². The molecule has 1 amide bonds. The Morgan fingerprint density at radius 2 is 2.31 bits per heavy atom. The Hall–Kier alpha value is -1.22. The number of rotatable bonds is 3. The van der Waals surface area contributed by atoms with E-state index in [2.05, 4.69) is 5.32 Å². The first kappa shape index (κ1) is 9.86. The maximum Gasteiger partial charge on any atom is 0.236 e. The van der Waals surface area contributed by atoms with Gasteiger partial charge in [0.2, 0.25) is 5.91 Å². The molecule has 0 saturated carbocycles. The van der Waals surface area contributed by atoms with Crippen molar-refractivity contribution in [3.8, 4) is 0 Å². The summed E-state index contributed by atoms with van der Waals surface area (Å²) in [5, 5.41) is 3.57.